The van der Waals surface area contributed by atoms with Crippen LogP contribution in [0.4, 0.5) is 5.13 Å². The van der Waals surface area contributed by atoms with Gasteiger partial charge in [-0.05, 0) is 42.0 Å². The fourth-order valence-corrected chi connectivity index (χ4v) is 3.48. The third-order valence-electron chi connectivity index (χ3n) is 4.11. The fourth-order valence-electron chi connectivity index (χ4n) is 2.82. The minimum atomic E-state index is 0. The Morgan fingerprint density at radius 3 is 2.61 bits per heavy atom. The molecule has 1 aromatic heterocycles. The molecule has 0 fully saturated rings. The van der Waals surface area contributed by atoms with Crippen LogP contribution in [-0.2, 0) is 0 Å². The van der Waals surface area contributed by atoms with Crippen LogP contribution in [-0.4, -0.2) is 31.2 Å². The monoisotopic (exact) mass is 461 g/mol. The third kappa shape index (κ3) is 3.76. The molecule has 2 aliphatic heterocycles. The second-order valence-electron chi connectivity index (χ2n) is 5.88. The van der Waals surface area contributed by atoms with E-state index in [9.17, 15) is 0 Å². The van der Waals surface area contributed by atoms with Gasteiger partial charge in [-0.15, -0.1) is 28.3 Å². The summed E-state index contributed by atoms with van der Waals surface area (Å²) in [4.78, 5) is 4.57. The molecule has 0 bridgehead atoms. The molecule has 0 aliphatic carbocycles. The number of benzene rings is 2. The SMILES string of the molecule is Br.C(=N\Nc1nc(-c2ccc3c(c2)OCCO3)cs1)/c1ccc2c(c1)OCO2. The van der Waals surface area contributed by atoms with E-state index in [1.807, 2.05) is 41.8 Å². The number of ether oxygens (including phenoxy) is 4. The molecule has 0 radical (unpaired) electrons. The van der Waals surface area contributed by atoms with Gasteiger partial charge in [-0.25, -0.2) is 4.98 Å². The third-order valence-corrected chi connectivity index (χ3v) is 4.86. The molecule has 0 saturated heterocycles. The number of aromatic nitrogens is 1. The van der Waals surface area contributed by atoms with Gasteiger partial charge in [0.15, 0.2) is 23.0 Å². The fraction of sp³-hybridized carbons (Fsp3) is 0.158. The lowest BCUT2D eigenvalue weighted by molar-refractivity contribution is 0.171. The van der Waals surface area contributed by atoms with Crippen LogP contribution in [0.15, 0.2) is 46.9 Å². The molecule has 2 aromatic carbocycles. The molecule has 1 N–H and O–H groups in total. The molecule has 5 rings (SSSR count). The maximum atomic E-state index is 5.63. The van der Waals surface area contributed by atoms with Gasteiger partial charge in [0.1, 0.15) is 13.2 Å². The molecule has 3 aromatic rings. The number of nitrogens with zero attached hydrogens (tertiary/aromatic N) is 2. The van der Waals surface area contributed by atoms with E-state index in [1.54, 1.807) is 6.21 Å². The highest BCUT2D eigenvalue weighted by atomic mass is 79.9. The van der Waals surface area contributed by atoms with E-state index < -0.39 is 0 Å². The predicted octanol–water partition coefficient (Wildman–Crippen LogP) is 4.33. The van der Waals surface area contributed by atoms with Gasteiger partial charge in [0.05, 0.1) is 11.9 Å². The summed E-state index contributed by atoms with van der Waals surface area (Å²) in [6.45, 7) is 1.41. The van der Waals surface area contributed by atoms with Crippen LogP contribution < -0.4 is 24.4 Å². The first kappa shape index (κ1) is 18.6. The van der Waals surface area contributed by atoms with Crippen LogP contribution >= 0.6 is 28.3 Å². The number of rotatable bonds is 4. The summed E-state index contributed by atoms with van der Waals surface area (Å²) in [5.74, 6) is 3.01. The van der Waals surface area contributed by atoms with Crippen LogP contribution in [0.2, 0.25) is 0 Å². The average Bonchev–Trinajstić information content (AvgIpc) is 3.37. The summed E-state index contributed by atoms with van der Waals surface area (Å²) < 4.78 is 21.8. The molecule has 0 spiro atoms. The Bertz CT molecular complexity index is 1020. The average molecular weight is 462 g/mol. The van der Waals surface area contributed by atoms with Crippen molar-refractivity contribution in [2.24, 2.45) is 5.10 Å². The van der Waals surface area contributed by atoms with Crippen molar-refractivity contribution in [3.8, 4) is 34.3 Å². The molecule has 28 heavy (non-hydrogen) atoms. The maximum Gasteiger partial charge on any atom is 0.231 e. The minimum Gasteiger partial charge on any atom is -0.486 e. The molecule has 0 saturated carbocycles. The Morgan fingerprint density at radius 2 is 1.68 bits per heavy atom. The highest BCUT2D eigenvalue weighted by Crippen LogP contribution is 2.35. The predicted molar refractivity (Wildman–Crippen MR) is 113 cm³/mol. The lowest BCUT2D eigenvalue weighted by atomic mass is 10.1. The molecule has 144 valence electrons. The van der Waals surface area contributed by atoms with E-state index in [4.69, 9.17) is 18.9 Å². The van der Waals surface area contributed by atoms with Crippen molar-refractivity contribution in [1.82, 2.24) is 4.98 Å². The van der Waals surface area contributed by atoms with Gasteiger partial charge in [-0.1, -0.05) is 0 Å². The van der Waals surface area contributed by atoms with Gasteiger partial charge in [0, 0.05) is 10.9 Å². The normalized spacial score (nSPS) is 14.0. The summed E-state index contributed by atoms with van der Waals surface area (Å²) >= 11 is 1.48. The van der Waals surface area contributed by atoms with E-state index in [2.05, 4.69) is 15.5 Å². The summed E-state index contributed by atoms with van der Waals surface area (Å²) in [7, 11) is 0. The minimum absolute atomic E-state index is 0. The molecular formula is C19H16BrN3O4S. The highest BCUT2D eigenvalue weighted by molar-refractivity contribution is 8.93. The second kappa shape index (κ2) is 8.07. The second-order valence-corrected chi connectivity index (χ2v) is 6.74. The first-order chi connectivity index (χ1) is 13.3. The van der Waals surface area contributed by atoms with Crippen LogP contribution in [0.25, 0.3) is 11.3 Å². The van der Waals surface area contributed by atoms with Crippen LogP contribution in [0.5, 0.6) is 23.0 Å². The summed E-state index contributed by atoms with van der Waals surface area (Å²) in [6, 6.07) is 11.5. The lowest BCUT2D eigenvalue weighted by Gasteiger charge is -2.18. The van der Waals surface area contributed by atoms with E-state index in [0.717, 1.165) is 39.8 Å². The highest BCUT2D eigenvalue weighted by Gasteiger charge is 2.14. The largest absolute Gasteiger partial charge is 0.486 e. The van der Waals surface area contributed by atoms with Gasteiger partial charge < -0.3 is 18.9 Å². The van der Waals surface area contributed by atoms with Crippen LogP contribution in [0.1, 0.15) is 5.56 Å². The van der Waals surface area contributed by atoms with Crippen molar-refractivity contribution in [2.75, 3.05) is 25.4 Å². The van der Waals surface area contributed by atoms with E-state index in [1.165, 1.54) is 11.3 Å². The molecule has 9 heteroatoms. The number of thiazole rings is 1. The number of hydrogen-bond acceptors (Lipinski definition) is 8. The first-order valence-corrected chi connectivity index (χ1v) is 9.27. The number of anilines is 1. The summed E-state index contributed by atoms with van der Waals surface area (Å²) in [5.41, 5.74) is 5.71. The van der Waals surface area contributed by atoms with Gasteiger partial charge in [-0.3, -0.25) is 5.43 Å². The topological polar surface area (TPSA) is 74.2 Å². The number of hydrogen-bond donors (Lipinski definition) is 1. The molecule has 0 unspecified atom stereocenters. The van der Waals surface area contributed by atoms with Crippen molar-refractivity contribution < 1.29 is 18.9 Å². The molecular weight excluding hydrogens is 446 g/mol. The number of nitrogens with one attached hydrogen (secondary N) is 1. The zero-order chi connectivity index (χ0) is 18.1. The van der Waals surface area contributed by atoms with Crippen molar-refractivity contribution in [3.63, 3.8) is 0 Å². The summed E-state index contributed by atoms with van der Waals surface area (Å²) in [6.07, 6.45) is 1.72. The van der Waals surface area contributed by atoms with Gasteiger partial charge >= 0.3 is 0 Å². The maximum absolute atomic E-state index is 5.63. The van der Waals surface area contributed by atoms with E-state index in [-0.39, 0.29) is 23.8 Å². The number of hydrazone groups is 1. The summed E-state index contributed by atoms with van der Waals surface area (Å²) in [5, 5.41) is 6.93. The van der Waals surface area contributed by atoms with Crippen molar-refractivity contribution in [2.45, 2.75) is 0 Å². The van der Waals surface area contributed by atoms with Gasteiger partial charge in [-0.2, -0.15) is 5.10 Å². The van der Waals surface area contributed by atoms with Gasteiger partial charge in [0.25, 0.3) is 0 Å². The Labute approximate surface area is 175 Å². The molecule has 0 atom stereocenters. The number of halogens is 1. The first-order valence-electron chi connectivity index (χ1n) is 8.39. The van der Waals surface area contributed by atoms with Crippen molar-refractivity contribution >= 4 is 39.7 Å². The Morgan fingerprint density at radius 1 is 0.929 bits per heavy atom. The quantitative estimate of drug-likeness (QED) is 0.460. The van der Waals surface area contributed by atoms with Crippen LogP contribution in [0.3, 0.4) is 0 Å². The zero-order valence-electron chi connectivity index (χ0n) is 14.6. The van der Waals surface area contributed by atoms with E-state index >= 15 is 0 Å². The number of fused-ring (bicyclic) bond motifs is 2. The van der Waals surface area contributed by atoms with Crippen LogP contribution in [0, 0.1) is 0 Å². The Balaban J connectivity index is 0.00000192. The van der Waals surface area contributed by atoms with E-state index in [0.29, 0.717) is 18.3 Å². The molecule has 2 aliphatic rings. The smallest absolute Gasteiger partial charge is 0.231 e. The van der Waals surface area contributed by atoms with Crippen molar-refractivity contribution in [1.29, 1.82) is 0 Å². The van der Waals surface area contributed by atoms with Gasteiger partial charge in [0.2, 0.25) is 11.9 Å². The molecule has 3 heterocycles. The lowest BCUT2D eigenvalue weighted by Crippen LogP contribution is -2.15. The van der Waals surface area contributed by atoms with Crippen molar-refractivity contribution in [3.05, 3.63) is 47.3 Å². The zero-order valence-corrected chi connectivity index (χ0v) is 17.1. The Kier molecular flexibility index (Phi) is 5.36. The Hall–Kier alpha value is -2.78. The standard InChI is InChI=1S/C19H15N3O4S.BrH/c1-3-16-17(26-11-25-16)7-12(1)9-20-22-19-21-14(10-27-19)13-2-4-15-18(8-13)24-6-5-23-15;/h1-4,7-10H,5-6,11H2,(H,21,22);1H/b20-9+;. The molecule has 7 nitrogen and oxygen atoms in total. The molecule has 0 amide bonds.